The second-order valence-corrected chi connectivity index (χ2v) is 12.6. The highest BCUT2D eigenvalue weighted by molar-refractivity contribution is 6.31. The number of aliphatic hydroxyl groups is 1. The Balaban J connectivity index is 1.86. The lowest BCUT2D eigenvalue weighted by Crippen LogP contribution is -2.55. The molecule has 1 fully saturated rings. The largest absolute Gasteiger partial charge is 0.393 e. The summed E-state index contributed by atoms with van der Waals surface area (Å²) in [6.07, 6.45) is 3.53. The number of nitrogens with one attached hydrogen (secondary N) is 3. The van der Waals surface area contributed by atoms with Gasteiger partial charge in [-0.15, -0.1) is 0 Å². The van der Waals surface area contributed by atoms with Gasteiger partial charge in [0.25, 0.3) is 0 Å². The Hall–Kier alpha value is -1.70. The van der Waals surface area contributed by atoms with E-state index in [9.17, 15) is 9.90 Å². The number of likely N-dealkylation sites (N-methyl/N-ethyl adjacent to an activating group) is 1. The monoisotopic (exact) mass is 549 g/mol. The van der Waals surface area contributed by atoms with Crippen molar-refractivity contribution in [2.24, 2.45) is 5.41 Å². The highest BCUT2D eigenvalue weighted by Crippen LogP contribution is 2.55. The van der Waals surface area contributed by atoms with Crippen LogP contribution in [0.2, 0.25) is 10.0 Å². The zero-order valence-corrected chi connectivity index (χ0v) is 23.5. The molecule has 3 atom stereocenters. The average molecular weight is 551 g/mol. The Morgan fingerprint density at radius 1 is 1.16 bits per heavy atom. The normalized spacial score (nSPS) is 25.5. The zero-order valence-electron chi connectivity index (χ0n) is 22.0. The van der Waals surface area contributed by atoms with E-state index in [2.05, 4.69) is 36.7 Å². The van der Waals surface area contributed by atoms with Crippen LogP contribution >= 0.6 is 23.2 Å². The van der Waals surface area contributed by atoms with Gasteiger partial charge in [0.2, 0.25) is 5.91 Å². The summed E-state index contributed by atoms with van der Waals surface area (Å²) in [6.45, 7) is 6.82. The Labute approximate surface area is 229 Å². The van der Waals surface area contributed by atoms with Crippen LogP contribution in [0.1, 0.15) is 69.9 Å². The molecular weight excluding hydrogens is 512 g/mol. The molecule has 37 heavy (non-hydrogen) atoms. The number of carbonyl (C=O) groups is 1. The Morgan fingerprint density at radius 2 is 1.86 bits per heavy atom. The average Bonchev–Trinajstić information content (AvgIpc) is 3.09. The molecule has 2 unspecified atom stereocenters. The molecule has 1 aliphatic heterocycles. The number of amides is 1. The van der Waals surface area contributed by atoms with Gasteiger partial charge in [-0.1, -0.05) is 62.2 Å². The van der Waals surface area contributed by atoms with E-state index in [1.54, 1.807) is 24.3 Å². The zero-order chi connectivity index (χ0) is 27.0. The van der Waals surface area contributed by atoms with Crippen molar-refractivity contribution in [2.75, 3.05) is 18.9 Å². The maximum absolute atomic E-state index is 15.8. The molecule has 0 bridgehead atoms. The molecule has 2 aromatic rings. The maximum Gasteiger partial charge on any atom is 0.235 e. The van der Waals surface area contributed by atoms with E-state index in [0.29, 0.717) is 29.2 Å². The topological polar surface area (TPSA) is 73.4 Å². The minimum Gasteiger partial charge on any atom is -0.393 e. The SMILES string of the molecule is CNC(CN[C@H]1CC[C@H](O)CC1)C(c1cccc(Cl)c1F)[C@@]1(CC(C)(C)C)C(=O)Nc2cc(Cl)ccc21. The van der Waals surface area contributed by atoms with Gasteiger partial charge in [0.15, 0.2) is 0 Å². The molecule has 2 aromatic carbocycles. The molecule has 4 N–H and O–H groups in total. The fraction of sp³-hybridized carbons (Fsp3) is 0.552. The first-order chi connectivity index (χ1) is 17.5. The van der Waals surface area contributed by atoms with E-state index in [1.165, 1.54) is 6.07 Å². The molecule has 1 heterocycles. The van der Waals surface area contributed by atoms with Gasteiger partial charge in [-0.05, 0) is 73.9 Å². The van der Waals surface area contributed by atoms with Crippen LogP contribution in [0.3, 0.4) is 0 Å². The lowest BCUT2D eigenvalue weighted by Gasteiger charge is -2.44. The quantitative estimate of drug-likeness (QED) is 0.324. The predicted octanol–water partition coefficient (Wildman–Crippen LogP) is 6.02. The van der Waals surface area contributed by atoms with E-state index in [1.807, 2.05) is 13.1 Å². The fourth-order valence-electron chi connectivity index (χ4n) is 6.34. The van der Waals surface area contributed by atoms with Crippen LogP contribution in [0.4, 0.5) is 10.1 Å². The van der Waals surface area contributed by atoms with Gasteiger partial charge in [0, 0.05) is 35.3 Å². The highest BCUT2D eigenvalue weighted by Gasteiger charge is 2.57. The third-order valence-electron chi connectivity index (χ3n) is 7.87. The number of aliphatic hydroxyl groups excluding tert-OH is 1. The predicted molar refractivity (Wildman–Crippen MR) is 149 cm³/mol. The second-order valence-electron chi connectivity index (χ2n) is 11.8. The van der Waals surface area contributed by atoms with Crippen LogP contribution in [-0.4, -0.2) is 42.8 Å². The Morgan fingerprint density at radius 3 is 2.51 bits per heavy atom. The molecule has 1 aliphatic carbocycles. The van der Waals surface area contributed by atoms with Gasteiger partial charge in [-0.25, -0.2) is 4.39 Å². The van der Waals surface area contributed by atoms with E-state index < -0.39 is 17.2 Å². The first kappa shape index (κ1) is 28.3. The first-order valence-electron chi connectivity index (χ1n) is 13.1. The van der Waals surface area contributed by atoms with Crippen LogP contribution in [0.25, 0.3) is 0 Å². The van der Waals surface area contributed by atoms with Gasteiger partial charge >= 0.3 is 0 Å². The van der Waals surface area contributed by atoms with E-state index in [0.717, 1.165) is 31.2 Å². The van der Waals surface area contributed by atoms with E-state index in [4.69, 9.17) is 23.2 Å². The number of carbonyl (C=O) groups excluding carboxylic acids is 1. The third kappa shape index (κ3) is 5.84. The van der Waals surface area contributed by atoms with Crippen LogP contribution in [0.5, 0.6) is 0 Å². The summed E-state index contributed by atoms with van der Waals surface area (Å²) < 4.78 is 15.8. The number of hydrogen-bond acceptors (Lipinski definition) is 4. The lowest BCUT2D eigenvalue weighted by atomic mass is 9.59. The molecule has 0 aromatic heterocycles. The molecule has 8 heteroatoms. The molecule has 1 saturated carbocycles. The van der Waals surface area contributed by atoms with E-state index >= 15 is 4.39 Å². The van der Waals surface area contributed by atoms with Crippen molar-refractivity contribution in [3.8, 4) is 0 Å². The summed E-state index contributed by atoms with van der Waals surface area (Å²) in [5.41, 5.74) is 0.578. The van der Waals surface area contributed by atoms with Crippen molar-refractivity contribution in [2.45, 2.75) is 82.4 Å². The van der Waals surface area contributed by atoms with Crippen LogP contribution in [0, 0.1) is 11.2 Å². The highest BCUT2D eigenvalue weighted by atomic mass is 35.5. The molecule has 2 aliphatic rings. The Kier molecular flexibility index (Phi) is 8.56. The minimum absolute atomic E-state index is 0.0345. The van der Waals surface area contributed by atoms with Gasteiger partial charge in [-0.3, -0.25) is 4.79 Å². The van der Waals surface area contributed by atoms with E-state index in [-0.39, 0.29) is 34.5 Å². The molecule has 4 rings (SSSR count). The number of anilines is 1. The smallest absolute Gasteiger partial charge is 0.235 e. The van der Waals surface area contributed by atoms with Crippen LogP contribution < -0.4 is 16.0 Å². The fourth-order valence-corrected chi connectivity index (χ4v) is 6.70. The Bertz CT molecular complexity index is 1130. The van der Waals surface area contributed by atoms with Crippen molar-refractivity contribution >= 4 is 34.8 Å². The summed E-state index contributed by atoms with van der Waals surface area (Å²) in [5.74, 6) is -1.23. The number of benzene rings is 2. The number of rotatable bonds is 8. The molecule has 1 amide bonds. The molecule has 202 valence electrons. The third-order valence-corrected chi connectivity index (χ3v) is 8.40. The summed E-state index contributed by atoms with van der Waals surface area (Å²) in [5, 5.41) is 20.6. The van der Waals surface area contributed by atoms with Crippen LogP contribution in [0.15, 0.2) is 36.4 Å². The van der Waals surface area contributed by atoms with Crippen molar-refractivity contribution in [1.82, 2.24) is 10.6 Å². The number of hydrogen-bond donors (Lipinski definition) is 4. The summed E-state index contributed by atoms with van der Waals surface area (Å²) in [4.78, 5) is 14.1. The molecule has 0 saturated heterocycles. The first-order valence-corrected chi connectivity index (χ1v) is 13.9. The lowest BCUT2D eigenvalue weighted by molar-refractivity contribution is -0.123. The summed E-state index contributed by atoms with van der Waals surface area (Å²) in [7, 11) is 1.85. The molecular formula is C29H38Cl2FN3O2. The van der Waals surface area contributed by atoms with Crippen molar-refractivity contribution in [3.05, 3.63) is 63.4 Å². The minimum atomic E-state index is -1.07. The molecule has 0 radical (unpaired) electrons. The molecule has 0 spiro atoms. The summed E-state index contributed by atoms with van der Waals surface area (Å²) >= 11 is 12.6. The van der Waals surface area contributed by atoms with Crippen molar-refractivity contribution < 1.29 is 14.3 Å². The number of halogens is 3. The number of fused-ring (bicyclic) bond motifs is 1. The van der Waals surface area contributed by atoms with Gasteiger partial charge in [0.1, 0.15) is 5.82 Å². The van der Waals surface area contributed by atoms with Crippen LogP contribution in [-0.2, 0) is 10.2 Å². The van der Waals surface area contributed by atoms with Gasteiger partial charge in [0.05, 0.1) is 16.5 Å². The maximum atomic E-state index is 15.8. The summed E-state index contributed by atoms with van der Waals surface area (Å²) in [6, 6.07) is 10.5. The second kappa shape index (κ2) is 11.2. The van der Waals surface area contributed by atoms with Crippen molar-refractivity contribution in [3.63, 3.8) is 0 Å². The molecule has 5 nitrogen and oxygen atoms in total. The van der Waals surface area contributed by atoms with Gasteiger partial charge in [-0.2, -0.15) is 0 Å². The van der Waals surface area contributed by atoms with Crippen molar-refractivity contribution in [1.29, 1.82) is 0 Å². The standard InChI is InChI=1S/C29H38Cl2FN3O2/c1-28(2,3)16-29(21-13-8-17(30)14-23(21)35-27(29)37)25(20-6-5-7-22(31)26(20)32)24(33-4)15-34-18-9-11-19(36)12-10-18/h5-8,13-14,18-19,24-25,33-34,36H,9-12,15-16H2,1-4H3,(H,35,37)/t18-,19-,24?,25?,29-/m0/s1. The van der Waals surface area contributed by atoms with Gasteiger partial charge < -0.3 is 21.1 Å².